The Balaban J connectivity index is 1.49. The van der Waals surface area contributed by atoms with Gasteiger partial charge >= 0.3 is 36.8 Å². The van der Waals surface area contributed by atoms with Gasteiger partial charge in [0, 0.05) is 24.5 Å². The lowest BCUT2D eigenvalue weighted by atomic mass is 10.0. The number of carbonyl (C=O) groups excluding carboxylic acids is 2. The van der Waals surface area contributed by atoms with Crippen LogP contribution in [0.1, 0.15) is 155 Å². The van der Waals surface area contributed by atoms with E-state index >= 15 is 0 Å². The van der Waals surface area contributed by atoms with Crippen LogP contribution in [0.5, 0.6) is 0 Å². The molecule has 4 aromatic carbocycles. The van der Waals surface area contributed by atoms with Gasteiger partial charge in [-0.3, -0.25) is 4.99 Å². The van der Waals surface area contributed by atoms with Crippen molar-refractivity contribution in [3.8, 4) is 0 Å². The van der Waals surface area contributed by atoms with E-state index in [-0.39, 0.29) is 31.2 Å². The topological polar surface area (TPSA) is 119 Å². The number of rotatable bonds is 27. The van der Waals surface area contributed by atoms with Crippen molar-refractivity contribution in [1.82, 2.24) is 21.3 Å². The second-order valence-corrected chi connectivity index (χ2v) is 18.0. The van der Waals surface area contributed by atoms with Crippen molar-refractivity contribution in [2.45, 2.75) is 146 Å². The van der Waals surface area contributed by atoms with Gasteiger partial charge in [0.2, 0.25) is 0 Å². The smallest absolute Gasteiger partial charge is 0.356 e. The molecule has 0 fully saturated rings. The van der Waals surface area contributed by atoms with Gasteiger partial charge in [-0.1, -0.05) is 164 Å². The molecule has 0 aromatic heterocycles. The van der Waals surface area contributed by atoms with E-state index < -0.39 is 82.5 Å². The third-order valence-electron chi connectivity index (χ3n) is 11.9. The molecule has 4 amide bonds. The number of hydrogen-bond acceptors (Lipinski definition) is 3. The van der Waals surface area contributed by atoms with Crippen LogP contribution in [0.4, 0.5) is 73.6 Å². The molecule has 0 unspecified atom stereocenters. The molecule has 0 spiro atoms. The first-order valence-electron chi connectivity index (χ1n) is 24.9. The lowest BCUT2D eigenvalue weighted by Crippen LogP contribution is -2.44. The summed E-state index contributed by atoms with van der Waals surface area (Å²) in [4.78, 5) is 31.3. The molecule has 0 bridgehead atoms. The molecule has 0 aliphatic heterocycles. The van der Waals surface area contributed by atoms with Crippen molar-refractivity contribution in [3.05, 3.63) is 130 Å². The van der Waals surface area contributed by atoms with E-state index in [9.17, 15) is 62.3 Å². The number of benzene rings is 4. The number of nitrogens with zero attached hydrogens (tertiary/aromatic N) is 1. The van der Waals surface area contributed by atoms with E-state index in [1.54, 1.807) is 60.7 Å². The molecule has 0 heterocycles. The summed E-state index contributed by atoms with van der Waals surface area (Å²) < 4.78 is 163. The fourth-order valence-electron chi connectivity index (χ4n) is 8.00. The van der Waals surface area contributed by atoms with Crippen LogP contribution in [0, 0.1) is 0 Å². The van der Waals surface area contributed by atoms with Crippen LogP contribution in [0.25, 0.3) is 0 Å². The molecule has 2 atom stereocenters. The summed E-state index contributed by atoms with van der Waals surface area (Å²) in [6, 6.07) is 13.4. The highest BCUT2D eigenvalue weighted by atomic mass is 19.4. The summed E-state index contributed by atoms with van der Waals surface area (Å²) in [5, 5.41) is 15.6. The zero-order valence-corrected chi connectivity index (χ0v) is 41.1. The SMILES string of the molecule is CCCCCCCCCCCCCCCCCCNC(=NC[C@H](NC(=O)Nc1cc(C(F)(F)F)cc(C(F)(F)F)c1)c1ccccc1)NC[C@H](NC(=O)Nc1cc(C(F)(F)F)cc(C(F)(F)F)c1)c1ccccc1. The Kier molecular flexibility index (Phi) is 24.2. The monoisotopic (exact) mass is 1060 g/mol. The fourth-order valence-corrected chi connectivity index (χ4v) is 8.00. The summed E-state index contributed by atoms with van der Waals surface area (Å²) in [7, 11) is 0. The maximum atomic E-state index is 13.6. The number of guanidine groups is 1. The highest BCUT2D eigenvalue weighted by Crippen LogP contribution is 2.39. The predicted molar refractivity (Wildman–Crippen MR) is 263 cm³/mol. The van der Waals surface area contributed by atoms with Gasteiger partial charge in [-0.25, -0.2) is 9.59 Å². The zero-order valence-electron chi connectivity index (χ0n) is 41.1. The minimum Gasteiger partial charge on any atom is -0.356 e. The Labute approximate surface area is 424 Å². The molecule has 0 saturated carbocycles. The molecular formula is C53H65F12N7O2. The number of unbranched alkanes of at least 4 members (excludes halogenated alkanes) is 15. The lowest BCUT2D eigenvalue weighted by Gasteiger charge is -2.23. The van der Waals surface area contributed by atoms with Gasteiger partial charge in [-0.2, -0.15) is 52.7 Å². The number of aliphatic imine (C=N–C) groups is 1. The van der Waals surface area contributed by atoms with Crippen molar-refractivity contribution in [2.24, 2.45) is 4.99 Å². The fraction of sp³-hybridized carbons (Fsp3) is 0.491. The zero-order chi connectivity index (χ0) is 54.2. The van der Waals surface area contributed by atoms with Gasteiger partial charge < -0.3 is 31.9 Å². The average Bonchev–Trinajstić information content (AvgIpc) is 3.33. The lowest BCUT2D eigenvalue weighted by molar-refractivity contribution is -0.144. The molecule has 21 heteroatoms. The third-order valence-corrected chi connectivity index (χ3v) is 11.9. The molecule has 6 N–H and O–H groups in total. The molecule has 4 aromatic rings. The minimum absolute atomic E-state index is 0.0681. The molecule has 4 rings (SSSR count). The standard InChI is InChI=1S/C53H65F12N7O2/c1-2-3-4-5-6-7-8-9-10-11-12-13-14-15-16-23-28-66-47(67-35-45(37-24-19-17-20-25-37)71-48(73)69-43-31-39(50(54,55)56)29-40(32-43)51(57,58)59)68-36-46(38-26-21-18-22-27-38)72-49(74)70-44-33-41(52(60,61)62)30-42(34-44)53(63,64)65/h17-22,24-27,29-34,45-46H,2-16,23,28,35-36H2,1H3,(H2,66,67,68)(H2,69,71,73)(H2,70,72,74)/t45-,46-/m0/s1. The summed E-state index contributed by atoms with van der Waals surface area (Å²) in [6.07, 6.45) is -2.14. The molecule has 0 aliphatic rings. The largest absolute Gasteiger partial charge is 0.416 e. The normalized spacial score (nSPS) is 13.2. The van der Waals surface area contributed by atoms with Crippen molar-refractivity contribution < 1.29 is 62.3 Å². The number of carbonyl (C=O) groups is 2. The summed E-state index contributed by atoms with van der Waals surface area (Å²) >= 11 is 0. The van der Waals surface area contributed by atoms with Gasteiger partial charge in [0.05, 0.1) is 40.9 Å². The van der Waals surface area contributed by atoms with Crippen LogP contribution >= 0.6 is 0 Å². The number of anilines is 2. The Morgan fingerprint density at radius 3 is 1.15 bits per heavy atom. The van der Waals surface area contributed by atoms with E-state index in [1.807, 2.05) is 0 Å². The van der Waals surface area contributed by atoms with E-state index in [1.165, 1.54) is 64.2 Å². The van der Waals surface area contributed by atoms with Crippen molar-refractivity contribution in [3.63, 3.8) is 0 Å². The Hall–Kier alpha value is -6.15. The molecule has 0 saturated heterocycles. The Bertz CT molecular complexity index is 2260. The number of halogens is 12. The molecule has 0 radical (unpaired) electrons. The molecule has 9 nitrogen and oxygen atoms in total. The Morgan fingerprint density at radius 2 is 0.784 bits per heavy atom. The number of nitrogens with one attached hydrogen (secondary N) is 6. The van der Waals surface area contributed by atoms with Crippen LogP contribution in [-0.2, 0) is 24.7 Å². The van der Waals surface area contributed by atoms with Crippen molar-refractivity contribution in [1.29, 1.82) is 0 Å². The molecule has 0 aliphatic carbocycles. The second kappa shape index (κ2) is 29.7. The van der Waals surface area contributed by atoms with Crippen molar-refractivity contribution >= 4 is 29.4 Å². The summed E-state index contributed by atoms with van der Waals surface area (Å²) in [5.74, 6) is 0.123. The van der Waals surface area contributed by atoms with Gasteiger partial charge in [0.25, 0.3) is 0 Å². The molecular weight excluding hydrogens is 995 g/mol. The maximum absolute atomic E-state index is 13.6. The minimum atomic E-state index is -5.17. The van der Waals surface area contributed by atoms with E-state index in [0.29, 0.717) is 48.4 Å². The first kappa shape index (κ1) is 60.4. The number of alkyl halides is 12. The number of hydrogen-bond donors (Lipinski definition) is 6. The maximum Gasteiger partial charge on any atom is 0.416 e. The quantitative estimate of drug-likeness (QED) is 0.0154. The number of urea groups is 2. The average molecular weight is 1060 g/mol. The predicted octanol–water partition coefficient (Wildman–Crippen LogP) is 16.0. The van der Waals surface area contributed by atoms with Crippen LogP contribution in [0.2, 0.25) is 0 Å². The first-order chi connectivity index (χ1) is 35.0. The van der Waals surface area contributed by atoms with E-state index in [0.717, 1.165) is 32.1 Å². The summed E-state index contributed by atoms with van der Waals surface area (Å²) in [6.45, 7) is 2.16. The van der Waals surface area contributed by atoms with E-state index in [4.69, 9.17) is 0 Å². The second-order valence-electron chi connectivity index (χ2n) is 18.0. The molecule has 408 valence electrons. The van der Waals surface area contributed by atoms with Crippen LogP contribution in [-0.4, -0.2) is 37.7 Å². The van der Waals surface area contributed by atoms with Gasteiger partial charge in [-0.05, 0) is 53.9 Å². The first-order valence-corrected chi connectivity index (χ1v) is 24.9. The van der Waals surface area contributed by atoms with Crippen molar-refractivity contribution in [2.75, 3.05) is 30.3 Å². The van der Waals surface area contributed by atoms with Crippen LogP contribution in [0.15, 0.2) is 102 Å². The van der Waals surface area contributed by atoms with Crippen LogP contribution in [0.3, 0.4) is 0 Å². The summed E-state index contributed by atoms with van der Waals surface area (Å²) in [5.41, 5.74) is -7.16. The highest BCUT2D eigenvalue weighted by Gasteiger charge is 2.38. The van der Waals surface area contributed by atoms with Gasteiger partial charge in [0.1, 0.15) is 0 Å². The third kappa shape index (κ3) is 22.5. The van der Waals surface area contributed by atoms with Gasteiger partial charge in [-0.15, -0.1) is 0 Å². The molecule has 74 heavy (non-hydrogen) atoms. The van der Waals surface area contributed by atoms with Crippen LogP contribution < -0.4 is 31.9 Å². The van der Waals surface area contributed by atoms with E-state index in [2.05, 4.69) is 43.8 Å². The van der Waals surface area contributed by atoms with Gasteiger partial charge in [0.15, 0.2) is 5.96 Å². The number of amides is 4. The highest BCUT2D eigenvalue weighted by molar-refractivity contribution is 5.90. The Morgan fingerprint density at radius 1 is 0.446 bits per heavy atom.